The summed E-state index contributed by atoms with van der Waals surface area (Å²) < 4.78 is 35.9. The Hall–Kier alpha value is -3.05. The molecule has 0 amide bonds. The van der Waals surface area contributed by atoms with Crippen LogP contribution < -0.4 is 4.74 Å². The second-order valence-corrected chi connectivity index (χ2v) is 5.64. The summed E-state index contributed by atoms with van der Waals surface area (Å²) in [5.74, 6) is -0.199. The number of ether oxygens (including phenoxy) is 1. The van der Waals surface area contributed by atoms with Crippen molar-refractivity contribution < 1.29 is 27.6 Å². The van der Waals surface area contributed by atoms with Crippen molar-refractivity contribution >= 4 is 21.5 Å². The van der Waals surface area contributed by atoms with Gasteiger partial charge >= 0.3 is 5.69 Å². The number of nitrogens with zero attached hydrogens (tertiary/aromatic N) is 2. The van der Waals surface area contributed by atoms with E-state index in [2.05, 4.69) is 0 Å². The molecule has 23 heavy (non-hydrogen) atoms. The first-order valence-corrected chi connectivity index (χ1v) is 7.31. The molecule has 0 aliphatic rings. The van der Waals surface area contributed by atoms with E-state index >= 15 is 0 Å². The summed E-state index contributed by atoms with van der Waals surface area (Å²) in [6, 6.07) is 7.29. The summed E-state index contributed by atoms with van der Waals surface area (Å²) in [5, 5.41) is 21.6. The molecule has 0 fully saturated rings. The van der Waals surface area contributed by atoms with Crippen LogP contribution in [-0.4, -0.2) is 22.8 Å². The second-order valence-electron chi connectivity index (χ2n) is 4.21. The number of nitro benzene ring substituents is 2. The highest BCUT2D eigenvalue weighted by atomic mass is 32.2. The van der Waals surface area contributed by atoms with Crippen LogP contribution in [0.1, 0.15) is 0 Å². The average Bonchev–Trinajstić information content (AvgIpc) is 2.46. The van der Waals surface area contributed by atoms with Crippen molar-refractivity contribution in [1.29, 1.82) is 0 Å². The van der Waals surface area contributed by atoms with Crippen LogP contribution >= 0.6 is 0 Å². The van der Waals surface area contributed by atoms with Crippen molar-refractivity contribution in [2.75, 3.05) is 0 Å². The Bertz CT molecular complexity index is 876. The number of hydrogen-bond acceptors (Lipinski definition) is 7. The predicted octanol–water partition coefficient (Wildman–Crippen LogP) is 2.54. The van der Waals surface area contributed by atoms with E-state index < -0.39 is 31.3 Å². The smallest absolute Gasteiger partial charge is 0.318 e. The number of hydrogen-bond donors (Lipinski definition) is 1. The van der Waals surface area contributed by atoms with E-state index in [1.807, 2.05) is 0 Å². The van der Waals surface area contributed by atoms with E-state index in [4.69, 9.17) is 9.29 Å². The quantitative estimate of drug-likeness (QED) is 0.495. The van der Waals surface area contributed by atoms with Crippen LogP contribution in [0.2, 0.25) is 0 Å². The van der Waals surface area contributed by atoms with Gasteiger partial charge in [0.1, 0.15) is 5.75 Å². The molecule has 10 nitrogen and oxygen atoms in total. The van der Waals surface area contributed by atoms with E-state index in [9.17, 15) is 28.6 Å². The van der Waals surface area contributed by atoms with Crippen molar-refractivity contribution in [1.82, 2.24) is 0 Å². The van der Waals surface area contributed by atoms with Crippen molar-refractivity contribution in [2.24, 2.45) is 0 Å². The van der Waals surface area contributed by atoms with Gasteiger partial charge < -0.3 is 4.74 Å². The SMILES string of the molecule is O=[N+]([O-])c1ccc(Oc2ccc(S(=O)(=O)O)cc2)c([N+](=O)[O-])c1. The summed E-state index contributed by atoms with van der Waals surface area (Å²) in [6.07, 6.45) is 0. The lowest BCUT2D eigenvalue weighted by molar-refractivity contribution is -0.394. The van der Waals surface area contributed by atoms with Gasteiger partial charge in [-0.3, -0.25) is 24.8 Å². The molecule has 0 atom stereocenters. The van der Waals surface area contributed by atoms with Gasteiger partial charge in [-0.2, -0.15) is 8.42 Å². The number of benzene rings is 2. The maximum Gasteiger partial charge on any atom is 0.318 e. The molecule has 2 aromatic carbocycles. The molecular formula is C12H8N2O8S. The summed E-state index contributed by atoms with van der Waals surface area (Å²) >= 11 is 0. The highest BCUT2D eigenvalue weighted by Crippen LogP contribution is 2.34. The largest absolute Gasteiger partial charge is 0.450 e. The Morgan fingerprint density at radius 1 is 0.957 bits per heavy atom. The topological polar surface area (TPSA) is 150 Å². The minimum absolute atomic E-state index is 0.0503. The molecule has 0 unspecified atom stereocenters. The molecule has 0 saturated carbocycles. The first kappa shape index (κ1) is 16.3. The predicted molar refractivity (Wildman–Crippen MR) is 76.1 cm³/mol. The molecule has 0 heterocycles. The van der Waals surface area contributed by atoms with Gasteiger partial charge in [0.2, 0.25) is 5.75 Å². The van der Waals surface area contributed by atoms with Gasteiger partial charge in [0, 0.05) is 6.07 Å². The molecule has 2 aromatic rings. The third-order valence-corrected chi connectivity index (χ3v) is 3.57. The number of nitro groups is 2. The molecule has 0 aliphatic carbocycles. The maximum absolute atomic E-state index is 11.0. The molecule has 2 rings (SSSR count). The van der Waals surface area contributed by atoms with Gasteiger partial charge in [-0.15, -0.1) is 0 Å². The Labute approximate surface area is 129 Å². The van der Waals surface area contributed by atoms with Crippen LogP contribution in [0.5, 0.6) is 11.5 Å². The van der Waals surface area contributed by atoms with Gasteiger partial charge in [0.25, 0.3) is 15.8 Å². The molecular weight excluding hydrogens is 332 g/mol. The van der Waals surface area contributed by atoms with Crippen LogP contribution in [0.4, 0.5) is 11.4 Å². The zero-order valence-electron chi connectivity index (χ0n) is 11.1. The molecule has 0 bridgehead atoms. The highest BCUT2D eigenvalue weighted by molar-refractivity contribution is 7.85. The highest BCUT2D eigenvalue weighted by Gasteiger charge is 2.21. The summed E-state index contributed by atoms with van der Waals surface area (Å²) in [4.78, 5) is 19.6. The van der Waals surface area contributed by atoms with Crippen LogP contribution in [0, 0.1) is 20.2 Å². The van der Waals surface area contributed by atoms with E-state index in [0.29, 0.717) is 0 Å². The lowest BCUT2D eigenvalue weighted by Gasteiger charge is -2.06. The minimum atomic E-state index is -4.37. The van der Waals surface area contributed by atoms with E-state index in [-0.39, 0.29) is 16.4 Å². The van der Waals surface area contributed by atoms with E-state index in [0.717, 1.165) is 30.3 Å². The fourth-order valence-electron chi connectivity index (χ4n) is 1.65. The number of non-ortho nitro benzene ring substituents is 1. The van der Waals surface area contributed by atoms with Gasteiger partial charge in [-0.05, 0) is 30.3 Å². The standard InChI is InChI=1S/C12H8N2O8S/c15-13(16)8-1-6-12(11(7-8)14(17)18)22-9-2-4-10(5-3-9)23(19,20)21/h1-7H,(H,19,20,21). The third kappa shape index (κ3) is 3.78. The lowest BCUT2D eigenvalue weighted by Crippen LogP contribution is -1.98. The lowest BCUT2D eigenvalue weighted by atomic mass is 10.2. The Kier molecular flexibility index (Phi) is 4.24. The molecule has 0 saturated heterocycles. The van der Waals surface area contributed by atoms with Crippen molar-refractivity contribution in [2.45, 2.75) is 4.90 Å². The van der Waals surface area contributed by atoms with Crippen LogP contribution in [-0.2, 0) is 10.1 Å². The first-order chi connectivity index (χ1) is 10.7. The average molecular weight is 340 g/mol. The molecule has 11 heteroatoms. The van der Waals surface area contributed by atoms with Crippen LogP contribution in [0.3, 0.4) is 0 Å². The summed E-state index contributed by atoms with van der Waals surface area (Å²) in [6.45, 7) is 0. The fraction of sp³-hybridized carbons (Fsp3) is 0. The van der Waals surface area contributed by atoms with Gasteiger partial charge in [0.05, 0.1) is 20.8 Å². The maximum atomic E-state index is 11.0. The normalized spacial score (nSPS) is 11.0. The van der Waals surface area contributed by atoms with Crippen molar-refractivity contribution in [3.8, 4) is 11.5 Å². The molecule has 120 valence electrons. The first-order valence-electron chi connectivity index (χ1n) is 5.87. The van der Waals surface area contributed by atoms with Crippen LogP contribution in [0.15, 0.2) is 47.4 Å². The summed E-state index contributed by atoms with van der Waals surface area (Å²) in [5.41, 5.74) is -1.08. The zero-order valence-corrected chi connectivity index (χ0v) is 12.0. The van der Waals surface area contributed by atoms with Gasteiger partial charge in [-0.1, -0.05) is 0 Å². The Morgan fingerprint density at radius 3 is 2.04 bits per heavy atom. The Morgan fingerprint density at radius 2 is 1.57 bits per heavy atom. The second kappa shape index (κ2) is 5.98. The molecule has 1 N–H and O–H groups in total. The van der Waals surface area contributed by atoms with Crippen LogP contribution in [0.25, 0.3) is 0 Å². The van der Waals surface area contributed by atoms with Gasteiger partial charge in [-0.25, -0.2) is 0 Å². The fourth-order valence-corrected chi connectivity index (χ4v) is 2.13. The molecule has 0 spiro atoms. The monoisotopic (exact) mass is 340 g/mol. The van der Waals surface area contributed by atoms with E-state index in [1.54, 1.807) is 0 Å². The number of rotatable bonds is 5. The summed E-state index contributed by atoms with van der Waals surface area (Å²) in [7, 11) is -4.37. The Balaban J connectivity index is 2.36. The van der Waals surface area contributed by atoms with Crippen molar-refractivity contribution in [3.63, 3.8) is 0 Å². The zero-order chi connectivity index (χ0) is 17.2. The minimum Gasteiger partial charge on any atom is -0.450 e. The molecule has 0 aromatic heterocycles. The molecule has 0 aliphatic heterocycles. The third-order valence-electron chi connectivity index (χ3n) is 2.70. The van der Waals surface area contributed by atoms with E-state index in [1.165, 1.54) is 12.1 Å². The van der Waals surface area contributed by atoms with Gasteiger partial charge in [0.15, 0.2) is 0 Å². The molecule has 0 radical (unpaired) electrons. The van der Waals surface area contributed by atoms with Crippen molar-refractivity contribution in [3.05, 3.63) is 62.7 Å².